The summed E-state index contributed by atoms with van der Waals surface area (Å²) in [5, 5.41) is 2.83. The Kier molecular flexibility index (Phi) is 6.27. The smallest absolute Gasteiger partial charge is 0.317 e. The van der Waals surface area contributed by atoms with Gasteiger partial charge >= 0.3 is 6.03 Å². The van der Waals surface area contributed by atoms with Crippen LogP contribution in [0.1, 0.15) is 32.3 Å². The lowest BCUT2D eigenvalue weighted by Gasteiger charge is -2.29. The third-order valence-corrected chi connectivity index (χ3v) is 8.06. The molecule has 1 heterocycles. The Labute approximate surface area is 189 Å². The molecule has 1 aliphatic heterocycles. The number of halogens is 1. The maximum absolute atomic E-state index is 15.6. The predicted molar refractivity (Wildman–Crippen MR) is 123 cm³/mol. The maximum Gasteiger partial charge on any atom is 0.317 e. The Morgan fingerprint density at radius 3 is 2.47 bits per heavy atom. The van der Waals surface area contributed by atoms with Crippen molar-refractivity contribution >= 4 is 16.1 Å². The van der Waals surface area contributed by atoms with Crippen LogP contribution in [0.5, 0.6) is 0 Å². The number of nitrogens with zero attached hydrogens (tertiary/aromatic N) is 1. The van der Waals surface area contributed by atoms with Crippen LogP contribution in [0.3, 0.4) is 0 Å². The van der Waals surface area contributed by atoms with Gasteiger partial charge in [-0.15, -0.1) is 0 Å². The van der Waals surface area contributed by atoms with E-state index in [1.165, 1.54) is 0 Å². The molecule has 0 radical (unpaired) electrons. The zero-order chi connectivity index (χ0) is 22.9. The van der Waals surface area contributed by atoms with E-state index in [0.717, 1.165) is 18.4 Å². The normalized spacial score (nSPS) is 21.7. The van der Waals surface area contributed by atoms with E-state index in [1.807, 2.05) is 43.3 Å². The van der Waals surface area contributed by atoms with Crippen molar-refractivity contribution in [2.75, 3.05) is 18.8 Å². The summed E-state index contributed by atoms with van der Waals surface area (Å²) in [6, 6.07) is 13.5. The molecule has 0 bridgehead atoms. The van der Waals surface area contributed by atoms with Crippen LogP contribution in [0.25, 0.3) is 11.1 Å². The van der Waals surface area contributed by atoms with Crippen LogP contribution in [0.15, 0.2) is 48.5 Å². The Morgan fingerprint density at radius 1 is 1.12 bits per heavy atom. The number of nitrogens with one attached hydrogen (secondary N) is 2. The molecule has 32 heavy (non-hydrogen) atoms. The number of sulfonamides is 1. The van der Waals surface area contributed by atoms with Crippen LogP contribution in [0, 0.1) is 11.2 Å². The Hall–Kier alpha value is -2.45. The summed E-state index contributed by atoms with van der Waals surface area (Å²) in [5.41, 5.74) is 1.48. The largest absolute Gasteiger partial charge is 0.338 e. The summed E-state index contributed by atoms with van der Waals surface area (Å²) in [6.07, 6.45) is 1.94. The van der Waals surface area contributed by atoms with E-state index >= 15 is 4.39 Å². The van der Waals surface area contributed by atoms with Gasteiger partial charge in [0.1, 0.15) is 5.82 Å². The highest BCUT2D eigenvalue weighted by Crippen LogP contribution is 2.55. The molecule has 2 aromatic rings. The van der Waals surface area contributed by atoms with E-state index in [0.29, 0.717) is 24.2 Å². The lowest BCUT2D eigenvalue weighted by atomic mass is 9.91. The summed E-state index contributed by atoms with van der Waals surface area (Å²) >= 11 is 0. The van der Waals surface area contributed by atoms with Gasteiger partial charge in [0.25, 0.3) is 0 Å². The van der Waals surface area contributed by atoms with Crippen molar-refractivity contribution < 1.29 is 17.6 Å². The van der Waals surface area contributed by atoms with Crippen LogP contribution < -0.4 is 10.0 Å². The molecule has 1 aliphatic carbocycles. The first-order chi connectivity index (χ1) is 15.3. The molecule has 2 fully saturated rings. The standard InChI is InChI=1S/C24H30FN3O3S/c1-3-26-23(29)28-16-24(13-14-24)22(27-32(30,31)4-2)20(28)15-18-11-8-12-19(21(18)25)17-9-6-5-7-10-17/h5-12,20,22,27H,3-4,13-16H2,1-2H3,(H,26,29)/t20-,22+/m0/s1. The fourth-order valence-corrected chi connectivity index (χ4v) is 5.72. The molecule has 0 unspecified atom stereocenters. The molecule has 6 nitrogen and oxygen atoms in total. The molecule has 1 spiro atoms. The molecule has 8 heteroatoms. The number of urea groups is 1. The average molecular weight is 460 g/mol. The number of likely N-dealkylation sites (tertiary alicyclic amines) is 1. The molecular formula is C24H30FN3O3S. The van der Waals surface area contributed by atoms with Crippen molar-refractivity contribution in [1.29, 1.82) is 0 Å². The molecule has 172 valence electrons. The first-order valence-corrected chi connectivity index (χ1v) is 12.8. The third-order valence-electron chi connectivity index (χ3n) is 6.69. The first-order valence-electron chi connectivity index (χ1n) is 11.2. The van der Waals surface area contributed by atoms with Gasteiger partial charge in [0.15, 0.2) is 0 Å². The molecule has 2 aliphatic rings. The Bertz CT molecular complexity index is 1090. The van der Waals surface area contributed by atoms with Gasteiger partial charge in [0.05, 0.1) is 11.8 Å². The molecule has 2 N–H and O–H groups in total. The lowest BCUT2D eigenvalue weighted by Crippen LogP contribution is -2.51. The van der Waals surface area contributed by atoms with Crippen molar-refractivity contribution in [3.8, 4) is 11.1 Å². The summed E-state index contributed by atoms with van der Waals surface area (Å²) in [7, 11) is -3.48. The monoisotopic (exact) mass is 459 g/mol. The minimum absolute atomic E-state index is 0.0364. The minimum atomic E-state index is -3.48. The van der Waals surface area contributed by atoms with Gasteiger partial charge in [0.2, 0.25) is 10.0 Å². The minimum Gasteiger partial charge on any atom is -0.338 e. The second-order valence-corrected chi connectivity index (χ2v) is 10.8. The van der Waals surface area contributed by atoms with Crippen molar-refractivity contribution in [2.45, 2.75) is 45.2 Å². The van der Waals surface area contributed by atoms with Crippen LogP contribution in [-0.2, 0) is 16.4 Å². The third kappa shape index (κ3) is 4.38. The van der Waals surface area contributed by atoms with E-state index in [4.69, 9.17) is 0 Å². The summed E-state index contributed by atoms with van der Waals surface area (Å²) in [6.45, 7) is 4.38. The fourth-order valence-electron chi connectivity index (χ4n) is 4.76. The molecule has 1 saturated carbocycles. The molecular weight excluding hydrogens is 429 g/mol. The number of benzene rings is 2. The highest BCUT2D eigenvalue weighted by molar-refractivity contribution is 7.89. The zero-order valence-electron chi connectivity index (χ0n) is 18.5. The molecule has 2 aromatic carbocycles. The number of amides is 2. The summed E-state index contributed by atoms with van der Waals surface area (Å²) in [5.74, 6) is -0.367. The summed E-state index contributed by atoms with van der Waals surface area (Å²) < 4.78 is 43.4. The predicted octanol–water partition coefficient (Wildman–Crippen LogP) is 3.54. The number of hydrogen-bond acceptors (Lipinski definition) is 3. The van der Waals surface area contributed by atoms with Gasteiger partial charge in [-0.1, -0.05) is 48.5 Å². The highest BCUT2D eigenvalue weighted by atomic mass is 32.2. The molecule has 0 aromatic heterocycles. The average Bonchev–Trinajstić information content (AvgIpc) is 3.51. The molecule has 1 saturated heterocycles. The van der Waals surface area contributed by atoms with Gasteiger partial charge < -0.3 is 10.2 Å². The van der Waals surface area contributed by atoms with E-state index in [1.54, 1.807) is 24.0 Å². The highest BCUT2D eigenvalue weighted by Gasteiger charge is 2.61. The van der Waals surface area contributed by atoms with Gasteiger partial charge in [-0.05, 0) is 44.2 Å². The van der Waals surface area contributed by atoms with Crippen molar-refractivity contribution in [2.24, 2.45) is 5.41 Å². The number of carbonyl (C=O) groups excluding carboxylic acids is 1. The molecule has 2 amide bonds. The summed E-state index contributed by atoms with van der Waals surface area (Å²) in [4.78, 5) is 14.6. The van der Waals surface area contributed by atoms with Gasteiger partial charge in [-0.3, -0.25) is 0 Å². The number of carbonyl (C=O) groups is 1. The molecule has 4 rings (SSSR count). The van der Waals surface area contributed by atoms with Crippen molar-refractivity contribution in [3.63, 3.8) is 0 Å². The SMILES string of the molecule is CCNC(=O)N1CC2(CC2)[C@H](NS(=O)(=O)CC)[C@@H]1Cc1cccc(-c2ccccc2)c1F. The topological polar surface area (TPSA) is 78.5 Å². The zero-order valence-corrected chi connectivity index (χ0v) is 19.3. The Balaban J connectivity index is 1.70. The first kappa shape index (κ1) is 22.7. The fraction of sp³-hybridized carbons (Fsp3) is 0.458. The van der Waals surface area contributed by atoms with E-state index in [9.17, 15) is 13.2 Å². The van der Waals surface area contributed by atoms with Crippen LogP contribution in [0.4, 0.5) is 9.18 Å². The van der Waals surface area contributed by atoms with Crippen molar-refractivity contribution in [1.82, 2.24) is 14.9 Å². The second kappa shape index (κ2) is 8.83. The quantitative estimate of drug-likeness (QED) is 0.665. The van der Waals surface area contributed by atoms with Gasteiger partial charge in [0, 0.05) is 30.1 Å². The lowest BCUT2D eigenvalue weighted by molar-refractivity contribution is 0.189. The van der Waals surface area contributed by atoms with E-state index in [-0.39, 0.29) is 29.4 Å². The van der Waals surface area contributed by atoms with Crippen molar-refractivity contribution in [3.05, 3.63) is 59.9 Å². The van der Waals surface area contributed by atoms with Crippen LogP contribution in [0.2, 0.25) is 0 Å². The number of hydrogen-bond donors (Lipinski definition) is 2. The van der Waals surface area contributed by atoms with Crippen LogP contribution >= 0.6 is 0 Å². The maximum atomic E-state index is 15.6. The second-order valence-electron chi connectivity index (χ2n) is 8.74. The number of rotatable bonds is 7. The van der Waals surface area contributed by atoms with E-state index in [2.05, 4.69) is 10.0 Å². The van der Waals surface area contributed by atoms with Gasteiger partial charge in [-0.2, -0.15) is 0 Å². The van der Waals surface area contributed by atoms with E-state index < -0.39 is 22.1 Å². The van der Waals surface area contributed by atoms with Gasteiger partial charge in [-0.25, -0.2) is 22.3 Å². The molecule has 2 atom stereocenters. The van der Waals surface area contributed by atoms with Crippen LogP contribution in [-0.4, -0.2) is 50.3 Å². The Morgan fingerprint density at radius 2 is 1.84 bits per heavy atom.